The summed E-state index contributed by atoms with van der Waals surface area (Å²) in [7, 11) is 0. The van der Waals surface area contributed by atoms with Crippen LogP contribution in [0.15, 0.2) is 0 Å². The van der Waals surface area contributed by atoms with Crippen LogP contribution in [0.2, 0.25) is 0 Å². The number of carbonyl (C=O) groups excluding carboxylic acids is 1. The third-order valence-corrected chi connectivity index (χ3v) is 8.91. The normalized spacial score (nSPS) is 49.8. The van der Waals surface area contributed by atoms with Gasteiger partial charge in [0.25, 0.3) is 5.91 Å². The lowest BCUT2D eigenvalue weighted by molar-refractivity contribution is -0.306. The van der Waals surface area contributed by atoms with Crippen LogP contribution >= 0.6 is 0 Å². The average molecular weight is 577 g/mol. The van der Waals surface area contributed by atoms with Gasteiger partial charge in [0, 0.05) is 43.4 Å². The molecule has 2 saturated heterocycles. The van der Waals surface area contributed by atoms with Crippen molar-refractivity contribution in [3.8, 4) is 0 Å². The van der Waals surface area contributed by atoms with Crippen LogP contribution in [0.1, 0.15) is 39.0 Å². The molecule has 2 heterocycles. The Bertz CT molecular complexity index is 850. The fourth-order valence-electron chi connectivity index (χ4n) is 6.49. The van der Waals surface area contributed by atoms with Crippen molar-refractivity contribution >= 4 is 5.91 Å². The third kappa shape index (κ3) is 6.46. The van der Waals surface area contributed by atoms with Crippen LogP contribution in [0, 0.1) is 5.92 Å². The van der Waals surface area contributed by atoms with Crippen molar-refractivity contribution in [3.05, 3.63) is 0 Å². The van der Waals surface area contributed by atoms with E-state index in [1.165, 1.54) is 0 Å². The highest BCUT2D eigenvalue weighted by molar-refractivity contribution is 5.86. The molecule has 2 aliphatic heterocycles. The molecule has 15 N–H and O–H groups in total. The number of likely N-dealkylation sites (N-methyl/N-ethyl adjacent to an activating group) is 1. The lowest BCUT2D eigenvalue weighted by atomic mass is 9.71. The maximum Gasteiger partial charge on any atom is 0.252 e. The molecule has 2 aliphatic carbocycles. The smallest absolute Gasteiger partial charge is 0.252 e. The zero-order valence-corrected chi connectivity index (χ0v) is 22.9. The Kier molecular flexibility index (Phi) is 10.4. The molecule has 15 heteroatoms. The molecule has 40 heavy (non-hydrogen) atoms. The summed E-state index contributed by atoms with van der Waals surface area (Å²) in [6, 6.07) is -3.49. The second kappa shape index (κ2) is 13.1. The second-order valence-corrected chi connectivity index (χ2v) is 11.9. The Hall–Kier alpha value is -1.05. The third-order valence-electron chi connectivity index (χ3n) is 8.91. The summed E-state index contributed by atoms with van der Waals surface area (Å²) in [5.41, 5.74) is 23.1. The molecule has 0 bridgehead atoms. The zero-order chi connectivity index (χ0) is 29.4. The van der Waals surface area contributed by atoms with E-state index < -0.39 is 91.1 Å². The number of hydrogen-bond donors (Lipinski definition) is 11. The van der Waals surface area contributed by atoms with E-state index in [1.807, 2.05) is 6.92 Å². The van der Waals surface area contributed by atoms with Gasteiger partial charge in [-0.25, -0.2) is 0 Å². The molecule has 0 spiro atoms. The summed E-state index contributed by atoms with van der Waals surface area (Å²) < 4.78 is 18.0. The Morgan fingerprint density at radius 1 is 1.02 bits per heavy atom. The number of rotatable bonds is 9. The van der Waals surface area contributed by atoms with Crippen LogP contribution in [-0.2, 0) is 19.0 Å². The second-order valence-electron chi connectivity index (χ2n) is 11.9. The monoisotopic (exact) mass is 576 g/mol. The zero-order valence-electron chi connectivity index (χ0n) is 22.9. The van der Waals surface area contributed by atoms with Gasteiger partial charge in [-0.05, 0) is 25.8 Å². The fourth-order valence-corrected chi connectivity index (χ4v) is 6.49. The molecule has 0 aromatic carbocycles. The standard InChI is InChI=1S/C25H48N6O9/c1-2-30-8-11-3-4-12(27)21(38-11)16-13(28)5-14(31-24(36)25(37)6-10(26)7-25)22(19(16)34)40-23-20(35)17(29)18(33)15(9-32)39-23/h10-23,30,32-35,37H,2-9,26-29H2,1H3,(H,31,36). The van der Waals surface area contributed by atoms with Crippen LogP contribution in [-0.4, -0.2) is 136 Å². The lowest BCUT2D eigenvalue weighted by Crippen LogP contribution is -2.70. The van der Waals surface area contributed by atoms with Crippen LogP contribution in [0.5, 0.6) is 0 Å². The molecular weight excluding hydrogens is 528 g/mol. The molecule has 0 radical (unpaired) electrons. The summed E-state index contributed by atoms with van der Waals surface area (Å²) >= 11 is 0. The van der Waals surface area contributed by atoms with Gasteiger partial charge in [0.2, 0.25) is 0 Å². The van der Waals surface area contributed by atoms with Crippen molar-refractivity contribution < 1.29 is 44.5 Å². The first-order chi connectivity index (χ1) is 18.9. The maximum atomic E-state index is 13.0. The highest BCUT2D eigenvalue weighted by atomic mass is 16.7. The van der Waals surface area contributed by atoms with Crippen LogP contribution in [0.4, 0.5) is 0 Å². The van der Waals surface area contributed by atoms with Crippen LogP contribution in [0.3, 0.4) is 0 Å². The molecule has 0 aromatic rings. The number of nitrogens with two attached hydrogens (primary N) is 4. The number of aliphatic hydroxyl groups is 5. The van der Waals surface area contributed by atoms with Gasteiger partial charge in [-0.15, -0.1) is 0 Å². The Morgan fingerprint density at radius 3 is 2.35 bits per heavy atom. The summed E-state index contributed by atoms with van der Waals surface area (Å²) in [5, 5.41) is 59.0. The number of carbonyl (C=O) groups is 1. The lowest BCUT2D eigenvalue weighted by Gasteiger charge is -2.51. The Balaban J connectivity index is 1.57. The average Bonchev–Trinajstić information content (AvgIpc) is 2.90. The van der Waals surface area contributed by atoms with Crippen molar-refractivity contribution in [2.24, 2.45) is 28.9 Å². The minimum Gasteiger partial charge on any atom is -0.394 e. The van der Waals surface area contributed by atoms with Crippen molar-refractivity contribution in [3.63, 3.8) is 0 Å². The van der Waals surface area contributed by atoms with E-state index in [1.54, 1.807) is 0 Å². The topological polar surface area (TPSA) is 274 Å². The van der Waals surface area contributed by atoms with E-state index >= 15 is 0 Å². The molecule has 4 aliphatic rings. The highest BCUT2D eigenvalue weighted by Crippen LogP contribution is 2.37. The van der Waals surface area contributed by atoms with Crippen molar-refractivity contribution in [1.82, 2.24) is 10.6 Å². The molecule has 1 amide bonds. The van der Waals surface area contributed by atoms with Gasteiger partial charge in [0.05, 0.1) is 37.0 Å². The summed E-state index contributed by atoms with van der Waals surface area (Å²) in [4.78, 5) is 13.0. The van der Waals surface area contributed by atoms with E-state index in [0.717, 1.165) is 13.0 Å². The molecule has 13 unspecified atom stereocenters. The van der Waals surface area contributed by atoms with Gasteiger partial charge >= 0.3 is 0 Å². The van der Waals surface area contributed by atoms with Gasteiger partial charge in [-0.2, -0.15) is 0 Å². The van der Waals surface area contributed by atoms with E-state index in [-0.39, 0.29) is 31.4 Å². The number of nitrogens with one attached hydrogen (secondary N) is 2. The van der Waals surface area contributed by atoms with Gasteiger partial charge < -0.3 is 73.3 Å². The molecule has 0 aromatic heterocycles. The number of aliphatic hydroxyl groups excluding tert-OH is 4. The van der Waals surface area contributed by atoms with Gasteiger partial charge in [0.15, 0.2) is 6.29 Å². The predicted octanol–water partition coefficient (Wildman–Crippen LogP) is -5.33. The van der Waals surface area contributed by atoms with Crippen LogP contribution < -0.4 is 33.6 Å². The SMILES string of the molecule is CCNCC1CCC(N)C(C2C(N)CC(NC(=O)C3(O)CC(N)C3)C(OC3OC(CO)C(O)C(N)C3O)C2O)O1. The van der Waals surface area contributed by atoms with Gasteiger partial charge in [-0.3, -0.25) is 4.79 Å². The number of ether oxygens (including phenoxy) is 3. The highest BCUT2D eigenvalue weighted by Gasteiger charge is 2.54. The van der Waals surface area contributed by atoms with E-state index in [2.05, 4.69) is 10.6 Å². The van der Waals surface area contributed by atoms with Crippen molar-refractivity contribution in [1.29, 1.82) is 0 Å². The first-order valence-electron chi connectivity index (χ1n) is 14.3. The molecule has 13 atom stereocenters. The molecule has 4 fully saturated rings. The maximum absolute atomic E-state index is 13.0. The van der Waals surface area contributed by atoms with Crippen molar-refractivity contribution in [2.75, 3.05) is 19.7 Å². The fraction of sp³-hybridized carbons (Fsp3) is 0.960. The van der Waals surface area contributed by atoms with Gasteiger partial charge in [-0.1, -0.05) is 6.92 Å². The summed E-state index contributed by atoms with van der Waals surface area (Å²) in [6.07, 6.45) is -7.05. The molecular formula is C25H48N6O9. The van der Waals surface area contributed by atoms with Gasteiger partial charge in [0.1, 0.15) is 30.0 Å². The quantitative estimate of drug-likeness (QED) is 0.122. The minimum absolute atomic E-state index is 0.0850. The largest absolute Gasteiger partial charge is 0.394 e. The Labute approximate surface area is 233 Å². The first-order valence-corrected chi connectivity index (χ1v) is 14.3. The van der Waals surface area contributed by atoms with E-state index in [0.29, 0.717) is 13.0 Å². The molecule has 232 valence electrons. The minimum atomic E-state index is -1.65. The summed E-state index contributed by atoms with van der Waals surface area (Å²) in [6.45, 7) is 2.78. The van der Waals surface area contributed by atoms with E-state index in [9.17, 15) is 30.3 Å². The number of hydrogen-bond acceptors (Lipinski definition) is 14. The first kappa shape index (κ1) is 31.9. The Morgan fingerprint density at radius 2 is 1.73 bits per heavy atom. The molecule has 2 saturated carbocycles. The van der Waals surface area contributed by atoms with Crippen LogP contribution in [0.25, 0.3) is 0 Å². The van der Waals surface area contributed by atoms with Crippen molar-refractivity contribution in [2.45, 2.75) is 124 Å². The molecule has 4 rings (SSSR count). The van der Waals surface area contributed by atoms with E-state index in [4.69, 9.17) is 37.1 Å². The summed E-state index contributed by atoms with van der Waals surface area (Å²) in [5.74, 6) is -1.38. The predicted molar refractivity (Wildman–Crippen MR) is 141 cm³/mol. The molecule has 15 nitrogen and oxygen atoms in total. The number of amides is 1.